The van der Waals surface area contributed by atoms with Crippen LogP contribution in [0, 0.1) is 29.7 Å². The van der Waals surface area contributed by atoms with E-state index < -0.39 is 0 Å². The van der Waals surface area contributed by atoms with Crippen LogP contribution in [0.2, 0.25) is 0 Å². The van der Waals surface area contributed by atoms with E-state index in [2.05, 4.69) is 0 Å². The Morgan fingerprint density at radius 3 is 0.286 bits per heavy atom. The van der Waals surface area contributed by atoms with Crippen LogP contribution in [-0.2, 0) is 98.1 Å². The molecule has 0 aliphatic carbocycles. The quantitative estimate of drug-likeness (QED) is 0.595. The first-order valence-corrected chi connectivity index (χ1v) is 0. The van der Waals surface area contributed by atoms with Crippen molar-refractivity contribution in [2.45, 2.75) is 0 Å². The van der Waals surface area contributed by atoms with E-state index in [1.165, 1.54) is 0 Å². The molecular formula is C4H12Y3-4. The molecule has 0 spiro atoms. The third-order valence-corrected chi connectivity index (χ3v) is 0. The molecular weight excluding hydrogens is 315 g/mol. The van der Waals surface area contributed by atoms with Crippen molar-refractivity contribution in [1.82, 2.24) is 0 Å². The Hall–Kier alpha value is 3.31. The molecule has 0 aromatic carbocycles. The fourth-order valence-electron chi connectivity index (χ4n) is 0. The fourth-order valence-corrected chi connectivity index (χ4v) is 0. The molecule has 41 valence electrons. The predicted octanol–water partition coefficient (Wildman–Crippen LogP) is 1.79. The third kappa shape index (κ3) is 45.4. The van der Waals surface area contributed by atoms with Gasteiger partial charge in [0.15, 0.2) is 0 Å². The largest absolute Gasteiger partial charge is 0.358 e. The van der Waals surface area contributed by atoms with Crippen molar-refractivity contribution in [1.29, 1.82) is 0 Å². The zero-order valence-corrected chi connectivity index (χ0v) is 14.2. The molecule has 0 aliphatic rings. The summed E-state index contributed by atoms with van der Waals surface area (Å²) in [6.45, 7) is 0. The summed E-state index contributed by atoms with van der Waals surface area (Å²) in [7, 11) is 0. The second kappa shape index (κ2) is 58.7. The van der Waals surface area contributed by atoms with Gasteiger partial charge in [-0.25, -0.2) is 0 Å². The Balaban J connectivity index is 0. The second-order valence-electron chi connectivity index (χ2n) is 0. The zero-order valence-electron chi connectivity index (χ0n) is 5.73. The Morgan fingerprint density at radius 2 is 0.286 bits per heavy atom. The molecule has 0 nitrogen and oxygen atoms in total. The molecule has 0 aromatic rings. The minimum absolute atomic E-state index is 0. The van der Waals surface area contributed by atoms with Gasteiger partial charge in [-0.1, -0.05) is 0 Å². The van der Waals surface area contributed by atoms with E-state index in [1.807, 2.05) is 0 Å². The van der Waals surface area contributed by atoms with Gasteiger partial charge in [-0.05, 0) is 0 Å². The molecule has 0 bridgehead atoms. The summed E-state index contributed by atoms with van der Waals surface area (Å²) in [6, 6.07) is 0. The minimum Gasteiger partial charge on any atom is -0.358 e. The summed E-state index contributed by atoms with van der Waals surface area (Å²) >= 11 is 0. The molecule has 0 aromatic heterocycles. The molecule has 0 atom stereocenters. The maximum atomic E-state index is 0. The molecule has 0 fully saturated rings. The average Bonchev–Trinajstić information content (AvgIpc) is 0. The summed E-state index contributed by atoms with van der Waals surface area (Å²) in [5, 5.41) is 0. The van der Waals surface area contributed by atoms with E-state index in [9.17, 15) is 0 Å². The molecule has 0 heterocycles. The molecule has 0 amide bonds. The standard InChI is InChI=1S/4CH3.3Y/h4*1H3;;;/q4*-1;;;. The van der Waals surface area contributed by atoms with Gasteiger partial charge < -0.3 is 29.7 Å². The first-order valence-electron chi connectivity index (χ1n) is 0. The van der Waals surface area contributed by atoms with Gasteiger partial charge in [0.2, 0.25) is 0 Å². The summed E-state index contributed by atoms with van der Waals surface area (Å²) in [4.78, 5) is 0. The number of rotatable bonds is 0. The van der Waals surface area contributed by atoms with Crippen molar-refractivity contribution < 1.29 is 98.1 Å². The van der Waals surface area contributed by atoms with Gasteiger partial charge >= 0.3 is 0 Å². The Labute approximate surface area is 125 Å². The van der Waals surface area contributed by atoms with Crippen LogP contribution in [0.1, 0.15) is 0 Å². The summed E-state index contributed by atoms with van der Waals surface area (Å²) in [5.41, 5.74) is 0. The monoisotopic (exact) mass is 327 g/mol. The molecule has 0 aliphatic heterocycles. The zero-order chi connectivity index (χ0) is 0. The minimum atomic E-state index is 0. The van der Waals surface area contributed by atoms with Crippen LogP contribution in [0.25, 0.3) is 0 Å². The molecule has 0 saturated carbocycles. The van der Waals surface area contributed by atoms with Crippen LogP contribution in [0.15, 0.2) is 0 Å². The molecule has 3 heteroatoms. The first-order chi connectivity index (χ1) is 0. The Bertz CT molecular complexity index is 6.90. The van der Waals surface area contributed by atoms with Crippen LogP contribution >= 0.6 is 0 Å². The molecule has 3 radical (unpaired) electrons. The number of hydrogen-bond donors (Lipinski definition) is 0. The third-order valence-electron chi connectivity index (χ3n) is 0. The van der Waals surface area contributed by atoms with Gasteiger partial charge in [-0.2, -0.15) is 0 Å². The maximum Gasteiger partial charge on any atom is 0 e. The summed E-state index contributed by atoms with van der Waals surface area (Å²) in [6.07, 6.45) is 0. The van der Waals surface area contributed by atoms with E-state index >= 15 is 0 Å². The smallest absolute Gasteiger partial charge is 0 e. The van der Waals surface area contributed by atoms with Gasteiger partial charge in [-0.3, -0.25) is 0 Å². The van der Waals surface area contributed by atoms with Gasteiger partial charge in [0, 0.05) is 98.1 Å². The van der Waals surface area contributed by atoms with Crippen molar-refractivity contribution >= 4 is 0 Å². The van der Waals surface area contributed by atoms with Gasteiger partial charge in [0.05, 0.1) is 0 Å². The molecule has 7 heavy (non-hydrogen) atoms. The summed E-state index contributed by atoms with van der Waals surface area (Å²) in [5.74, 6) is 0. The molecule has 0 unspecified atom stereocenters. The van der Waals surface area contributed by atoms with Crippen LogP contribution in [-0.4, -0.2) is 0 Å². The van der Waals surface area contributed by atoms with Crippen molar-refractivity contribution in [2.24, 2.45) is 0 Å². The second-order valence-corrected chi connectivity index (χ2v) is 0. The van der Waals surface area contributed by atoms with E-state index in [4.69, 9.17) is 0 Å². The Morgan fingerprint density at radius 1 is 0.286 bits per heavy atom. The van der Waals surface area contributed by atoms with E-state index in [0.717, 1.165) is 0 Å². The van der Waals surface area contributed by atoms with Crippen molar-refractivity contribution in [3.8, 4) is 0 Å². The normalized spacial score (nSPS) is 0. The molecule has 0 N–H and O–H groups in total. The first kappa shape index (κ1) is 81.5. The number of hydrogen-bond acceptors (Lipinski definition) is 0. The van der Waals surface area contributed by atoms with Crippen molar-refractivity contribution in [3.05, 3.63) is 29.7 Å². The van der Waals surface area contributed by atoms with Crippen LogP contribution in [0.3, 0.4) is 0 Å². The molecule has 0 rings (SSSR count). The summed E-state index contributed by atoms with van der Waals surface area (Å²) < 4.78 is 0. The fraction of sp³-hybridized carbons (Fsp3) is 0. The van der Waals surface area contributed by atoms with E-state index in [0.29, 0.717) is 0 Å². The van der Waals surface area contributed by atoms with Gasteiger partial charge in [0.25, 0.3) is 0 Å². The SMILES string of the molecule is [CH3-].[CH3-].[CH3-].[CH3-].[Y].[Y].[Y]. The maximum absolute atomic E-state index is 0. The van der Waals surface area contributed by atoms with E-state index in [1.54, 1.807) is 0 Å². The van der Waals surface area contributed by atoms with Crippen molar-refractivity contribution in [3.63, 3.8) is 0 Å². The van der Waals surface area contributed by atoms with Crippen molar-refractivity contribution in [2.75, 3.05) is 0 Å². The average molecular weight is 327 g/mol. The van der Waals surface area contributed by atoms with Crippen LogP contribution in [0.5, 0.6) is 0 Å². The Kier molecular flexibility index (Phi) is 683. The van der Waals surface area contributed by atoms with Gasteiger partial charge in [0.1, 0.15) is 0 Å². The van der Waals surface area contributed by atoms with Gasteiger partial charge in [-0.15, -0.1) is 0 Å². The topological polar surface area (TPSA) is 0 Å². The van der Waals surface area contributed by atoms with Crippen LogP contribution < -0.4 is 0 Å². The predicted molar refractivity (Wildman–Crippen MR) is 25.7 cm³/mol. The van der Waals surface area contributed by atoms with Crippen LogP contribution in [0.4, 0.5) is 0 Å². The van der Waals surface area contributed by atoms with E-state index in [-0.39, 0.29) is 128 Å². The molecule has 0 saturated heterocycles.